The Morgan fingerprint density at radius 1 is 1.00 bits per heavy atom. The monoisotopic (exact) mass is 387 g/mol. The van der Waals surface area contributed by atoms with Gasteiger partial charge < -0.3 is 0 Å². The summed E-state index contributed by atoms with van der Waals surface area (Å²) in [7, 11) is 0. The first-order chi connectivity index (χ1) is 14.0. The quantitative estimate of drug-likeness (QED) is 0.553. The number of hydrogen-bond acceptors (Lipinski definition) is 4. The van der Waals surface area contributed by atoms with Gasteiger partial charge in [-0.2, -0.15) is 0 Å². The molecule has 7 heteroatoms. The molecule has 1 aliphatic heterocycles. The number of nitrogens with zero attached hydrogens (tertiary/aromatic N) is 2. The fraction of sp³-hybridized carbons (Fsp3) is 0.0909. The van der Waals surface area contributed by atoms with Crippen molar-refractivity contribution in [2.24, 2.45) is 0 Å². The van der Waals surface area contributed by atoms with Crippen LogP contribution in [0.25, 0.3) is 17.0 Å². The number of barbiturate groups is 1. The highest BCUT2D eigenvalue weighted by Gasteiger charge is 2.35. The highest BCUT2D eigenvalue weighted by molar-refractivity contribution is 6.31. The zero-order valence-corrected chi connectivity index (χ0v) is 15.6. The summed E-state index contributed by atoms with van der Waals surface area (Å²) in [5, 5.41) is 2.94. The number of fused-ring (bicyclic) bond motifs is 1. The average molecular weight is 387 g/mol. The van der Waals surface area contributed by atoms with E-state index < -0.39 is 17.8 Å². The molecule has 1 fully saturated rings. The molecule has 0 atom stereocenters. The summed E-state index contributed by atoms with van der Waals surface area (Å²) in [6, 6.07) is 15.5. The molecule has 3 aromatic rings. The van der Waals surface area contributed by atoms with Crippen LogP contribution in [0.1, 0.15) is 22.8 Å². The van der Waals surface area contributed by atoms with E-state index in [1.807, 2.05) is 12.1 Å². The molecule has 2 heterocycles. The Morgan fingerprint density at radius 2 is 1.69 bits per heavy atom. The molecule has 0 aliphatic carbocycles. The van der Waals surface area contributed by atoms with E-state index in [1.54, 1.807) is 48.7 Å². The maximum Gasteiger partial charge on any atom is 0.331 e. The molecule has 1 saturated heterocycles. The van der Waals surface area contributed by atoms with Crippen LogP contribution < -0.4 is 5.32 Å². The fourth-order valence-corrected chi connectivity index (χ4v) is 3.34. The van der Waals surface area contributed by atoms with E-state index in [9.17, 15) is 19.2 Å². The third-order valence-electron chi connectivity index (χ3n) is 4.75. The maximum atomic E-state index is 12.9. The number of imide groups is 2. The van der Waals surface area contributed by atoms with Gasteiger partial charge >= 0.3 is 6.03 Å². The highest BCUT2D eigenvalue weighted by atomic mass is 16.2. The first kappa shape index (κ1) is 18.4. The van der Waals surface area contributed by atoms with E-state index in [2.05, 4.69) is 5.32 Å². The smallest absolute Gasteiger partial charge is 0.287 e. The molecule has 0 radical (unpaired) electrons. The van der Waals surface area contributed by atoms with Crippen LogP contribution in [0.3, 0.4) is 0 Å². The van der Waals surface area contributed by atoms with Gasteiger partial charge in [0.1, 0.15) is 5.57 Å². The maximum absolute atomic E-state index is 12.9. The molecule has 29 heavy (non-hydrogen) atoms. The summed E-state index contributed by atoms with van der Waals surface area (Å²) < 4.78 is 1.46. The molecule has 0 unspecified atom stereocenters. The predicted molar refractivity (Wildman–Crippen MR) is 107 cm³/mol. The summed E-state index contributed by atoms with van der Waals surface area (Å²) in [6.07, 6.45) is 3.00. The van der Waals surface area contributed by atoms with E-state index in [4.69, 9.17) is 0 Å². The molecule has 0 spiro atoms. The minimum absolute atomic E-state index is 0.0470. The molecule has 1 N–H and O–H groups in total. The number of rotatable bonds is 3. The van der Waals surface area contributed by atoms with E-state index in [0.29, 0.717) is 11.1 Å². The Labute approximate surface area is 166 Å². The first-order valence-corrected chi connectivity index (χ1v) is 8.99. The van der Waals surface area contributed by atoms with Gasteiger partial charge in [0.15, 0.2) is 0 Å². The van der Waals surface area contributed by atoms with E-state index >= 15 is 0 Å². The molecular formula is C22H17N3O4. The zero-order valence-electron chi connectivity index (χ0n) is 15.6. The Balaban J connectivity index is 1.76. The van der Waals surface area contributed by atoms with Gasteiger partial charge in [0, 0.05) is 24.1 Å². The molecule has 2 aromatic carbocycles. The molecule has 1 aromatic heterocycles. The van der Waals surface area contributed by atoms with Gasteiger partial charge in [-0.1, -0.05) is 48.5 Å². The van der Waals surface area contributed by atoms with Crippen molar-refractivity contribution < 1.29 is 19.2 Å². The Kier molecular flexibility index (Phi) is 4.56. The van der Waals surface area contributed by atoms with Crippen LogP contribution in [0.5, 0.6) is 0 Å². The largest absolute Gasteiger partial charge is 0.331 e. The lowest BCUT2D eigenvalue weighted by Gasteiger charge is -2.26. The molecular weight excluding hydrogens is 370 g/mol. The topological polar surface area (TPSA) is 88.5 Å². The van der Waals surface area contributed by atoms with Crippen LogP contribution in [0, 0.1) is 0 Å². The molecule has 4 amide bonds. The van der Waals surface area contributed by atoms with Crippen LogP contribution in [0.15, 0.2) is 66.4 Å². The summed E-state index contributed by atoms with van der Waals surface area (Å²) in [6.45, 7) is 1.48. The number of para-hydroxylation sites is 1. The third-order valence-corrected chi connectivity index (χ3v) is 4.75. The molecule has 1 aliphatic rings. The number of benzene rings is 2. The van der Waals surface area contributed by atoms with Crippen LogP contribution in [-0.2, 0) is 16.1 Å². The van der Waals surface area contributed by atoms with Crippen LogP contribution in [-0.4, -0.2) is 33.2 Å². The van der Waals surface area contributed by atoms with Gasteiger partial charge in [-0.3, -0.25) is 29.2 Å². The summed E-state index contributed by atoms with van der Waals surface area (Å²) in [5.41, 5.74) is 1.82. The van der Waals surface area contributed by atoms with Gasteiger partial charge in [0.05, 0.1) is 12.1 Å². The van der Waals surface area contributed by atoms with Crippen LogP contribution in [0.2, 0.25) is 0 Å². The van der Waals surface area contributed by atoms with E-state index in [1.165, 1.54) is 17.6 Å². The van der Waals surface area contributed by atoms with Crippen molar-refractivity contribution in [3.05, 3.63) is 77.5 Å². The lowest BCUT2D eigenvalue weighted by molar-refractivity contribution is -0.130. The number of carbonyl (C=O) groups excluding carboxylic acids is 4. The predicted octanol–water partition coefficient (Wildman–Crippen LogP) is 2.96. The van der Waals surface area contributed by atoms with Crippen molar-refractivity contribution in [2.45, 2.75) is 13.5 Å². The first-order valence-electron chi connectivity index (χ1n) is 8.99. The van der Waals surface area contributed by atoms with Crippen molar-refractivity contribution in [3.63, 3.8) is 0 Å². The fourth-order valence-electron chi connectivity index (χ4n) is 3.34. The second kappa shape index (κ2) is 7.20. The minimum atomic E-state index is -0.760. The number of aromatic nitrogens is 1. The van der Waals surface area contributed by atoms with Gasteiger partial charge in [-0.25, -0.2) is 4.79 Å². The number of hydrogen-bond donors (Lipinski definition) is 1. The van der Waals surface area contributed by atoms with Crippen molar-refractivity contribution in [1.82, 2.24) is 14.8 Å². The highest BCUT2D eigenvalue weighted by Crippen LogP contribution is 2.25. The van der Waals surface area contributed by atoms with Crippen molar-refractivity contribution in [1.29, 1.82) is 0 Å². The lowest BCUT2D eigenvalue weighted by atomic mass is 10.1. The van der Waals surface area contributed by atoms with Crippen molar-refractivity contribution in [3.8, 4) is 0 Å². The zero-order chi connectivity index (χ0) is 20.5. The third kappa shape index (κ3) is 3.34. The normalized spacial score (nSPS) is 15.8. The van der Waals surface area contributed by atoms with Gasteiger partial charge in [0.2, 0.25) is 5.91 Å². The lowest BCUT2D eigenvalue weighted by Crippen LogP contribution is -2.53. The van der Waals surface area contributed by atoms with Crippen LogP contribution in [0.4, 0.5) is 4.79 Å². The van der Waals surface area contributed by atoms with Gasteiger partial charge in [-0.15, -0.1) is 0 Å². The Hall–Kier alpha value is -4.00. The second-order valence-corrected chi connectivity index (χ2v) is 6.68. The number of urea groups is 1. The number of amides is 4. The molecule has 4 rings (SSSR count). The SMILES string of the molecule is CC(=O)n1cc(/C=C2\C(=O)NC(=O)N(Cc3ccccc3)C2=O)c2ccccc21. The average Bonchev–Trinajstić information content (AvgIpc) is 3.08. The molecule has 7 nitrogen and oxygen atoms in total. The molecule has 0 bridgehead atoms. The van der Waals surface area contributed by atoms with Crippen LogP contribution >= 0.6 is 0 Å². The Bertz CT molecular complexity index is 1190. The van der Waals surface area contributed by atoms with Crippen molar-refractivity contribution >= 4 is 40.7 Å². The van der Waals surface area contributed by atoms with E-state index in [-0.39, 0.29) is 18.0 Å². The van der Waals surface area contributed by atoms with Gasteiger partial charge in [-0.05, 0) is 17.7 Å². The molecule has 144 valence electrons. The second-order valence-electron chi connectivity index (χ2n) is 6.68. The Morgan fingerprint density at radius 3 is 2.41 bits per heavy atom. The van der Waals surface area contributed by atoms with E-state index in [0.717, 1.165) is 15.8 Å². The summed E-state index contributed by atoms with van der Waals surface area (Å²) in [5.74, 6) is -1.63. The van der Waals surface area contributed by atoms with Crippen molar-refractivity contribution in [2.75, 3.05) is 0 Å². The number of carbonyl (C=O) groups is 4. The summed E-state index contributed by atoms with van der Waals surface area (Å²) >= 11 is 0. The standard InChI is InChI=1S/C22H17N3O4/c1-14(26)24-13-16(17-9-5-6-10-19(17)24)11-18-20(27)23-22(29)25(21(18)28)12-15-7-3-2-4-8-15/h2-11,13H,12H2,1H3,(H,23,27,29)/b18-11+. The minimum Gasteiger partial charge on any atom is -0.287 e. The number of nitrogens with one attached hydrogen (secondary N) is 1. The van der Waals surface area contributed by atoms with Gasteiger partial charge in [0.25, 0.3) is 11.8 Å². The molecule has 0 saturated carbocycles. The summed E-state index contributed by atoms with van der Waals surface area (Å²) in [4.78, 5) is 50.5.